The molecular weight excluding hydrogens is 268 g/mol. The van der Waals surface area contributed by atoms with Crippen LogP contribution in [0.3, 0.4) is 0 Å². The number of amides is 1. The molecule has 1 aromatic rings. The van der Waals surface area contributed by atoms with E-state index in [-0.39, 0.29) is 11.7 Å². The molecule has 1 amide bonds. The summed E-state index contributed by atoms with van der Waals surface area (Å²) in [7, 11) is 2.05. The van der Waals surface area contributed by atoms with E-state index in [9.17, 15) is 4.79 Å². The first-order valence-electron chi connectivity index (χ1n) is 7.13. The van der Waals surface area contributed by atoms with Crippen LogP contribution in [0.15, 0.2) is 35.5 Å². The second kappa shape index (κ2) is 7.08. The van der Waals surface area contributed by atoms with E-state index in [0.29, 0.717) is 13.1 Å². The second-order valence-electron chi connectivity index (χ2n) is 5.35. The third-order valence-electron chi connectivity index (χ3n) is 3.82. The lowest BCUT2D eigenvalue weighted by Gasteiger charge is -2.25. The number of carbonyl (C=O) groups excluding carboxylic acids is 1. The fourth-order valence-corrected chi connectivity index (χ4v) is 2.59. The molecule has 3 N–H and O–H groups in total. The largest absolute Gasteiger partial charge is 0.409 e. The van der Waals surface area contributed by atoms with Crippen molar-refractivity contribution in [2.45, 2.75) is 12.3 Å². The highest BCUT2D eigenvalue weighted by molar-refractivity contribution is 6.07. The Kier molecular flexibility index (Phi) is 5.16. The first-order valence-corrected chi connectivity index (χ1v) is 7.13. The van der Waals surface area contributed by atoms with E-state index >= 15 is 0 Å². The van der Waals surface area contributed by atoms with Crippen LogP contribution in [0.4, 0.5) is 0 Å². The Morgan fingerprint density at radius 1 is 1.24 bits per heavy atom. The number of benzene rings is 1. The van der Waals surface area contributed by atoms with Gasteiger partial charge in [0.15, 0.2) is 5.84 Å². The van der Waals surface area contributed by atoms with Crippen molar-refractivity contribution in [3.05, 3.63) is 35.9 Å². The molecule has 1 atom stereocenters. The van der Waals surface area contributed by atoms with Crippen LogP contribution in [0.2, 0.25) is 0 Å². The lowest BCUT2D eigenvalue weighted by atomic mass is 9.96. The number of amidine groups is 1. The van der Waals surface area contributed by atoms with E-state index < -0.39 is 5.92 Å². The zero-order valence-electron chi connectivity index (χ0n) is 12.3. The van der Waals surface area contributed by atoms with Gasteiger partial charge in [-0.25, -0.2) is 0 Å². The van der Waals surface area contributed by atoms with Crippen LogP contribution in [-0.2, 0) is 4.79 Å². The third-order valence-corrected chi connectivity index (χ3v) is 3.82. The maximum Gasteiger partial charge on any atom is 0.237 e. The van der Waals surface area contributed by atoms with Crippen molar-refractivity contribution < 1.29 is 10.0 Å². The van der Waals surface area contributed by atoms with Gasteiger partial charge in [-0.15, -0.1) is 0 Å². The van der Waals surface area contributed by atoms with Crippen molar-refractivity contribution in [2.24, 2.45) is 10.9 Å². The quantitative estimate of drug-likeness (QED) is 0.371. The van der Waals surface area contributed by atoms with Crippen molar-refractivity contribution in [3.8, 4) is 0 Å². The van der Waals surface area contributed by atoms with E-state index in [1.807, 2.05) is 37.4 Å². The molecule has 114 valence electrons. The van der Waals surface area contributed by atoms with Crippen LogP contribution in [0.1, 0.15) is 17.9 Å². The highest BCUT2D eigenvalue weighted by atomic mass is 16.4. The molecule has 1 aliphatic heterocycles. The van der Waals surface area contributed by atoms with E-state index in [4.69, 9.17) is 10.9 Å². The van der Waals surface area contributed by atoms with Crippen LogP contribution >= 0.6 is 0 Å². The summed E-state index contributed by atoms with van der Waals surface area (Å²) in [5, 5.41) is 12.1. The number of nitrogens with zero attached hydrogens (tertiary/aromatic N) is 3. The van der Waals surface area contributed by atoms with Gasteiger partial charge in [-0.05, 0) is 25.6 Å². The molecule has 0 aromatic heterocycles. The average molecular weight is 290 g/mol. The van der Waals surface area contributed by atoms with Crippen LogP contribution < -0.4 is 5.73 Å². The lowest BCUT2D eigenvalue weighted by Crippen LogP contribution is -2.42. The van der Waals surface area contributed by atoms with Gasteiger partial charge in [0.25, 0.3) is 0 Å². The van der Waals surface area contributed by atoms with Crippen molar-refractivity contribution in [2.75, 3.05) is 33.2 Å². The summed E-state index contributed by atoms with van der Waals surface area (Å²) in [4.78, 5) is 16.8. The second-order valence-corrected chi connectivity index (χ2v) is 5.35. The van der Waals surface area contributed by atoms with Gasteiger partial charge in [-0.2, -0.15) is 0 Å². The minimum Gasteiger partial charge on any atom is -0.409 e. The Balaban J connectivity index is 2.22. The highest BCUT2D eigenvalue weighted by Crippen LogP contribution is 2.20. The van der Waals surface area contributed by atoms with E-state index in [1.165, 1.54) is 0 Å². The molecule has 1 fully saturated rings. The molecule has 1 unspecified atom stereocenters. The summed E-state index contributed by atoms with van der Waals surface area (Å²) >= 11 is 0. The molecule has 0 saturated carbocycles. The maximum absolute atomic E-state index is 12.8. The topological polar surface area (TPSA) is 82.2 Å². The van der Waals surface area contributed by atoms with Crippen LogP contribution in [0.25, 0.3) is 0 Å². The van der Waals surface area contributed by atoms with Crippen LogP contribution in [0.5, 0.6) is 0 Å². The highest BCUT2D eigenvalue weighted by Gasteiger charge is 2.30. The summed E-state index contributed by atoms with van der Waals surface area (Å²) in [6.45, 7) is 3.18. The standard InChI is InChI=1S/C15H22N4O2/c1-18-8-5-9-19(11-10-18)15(20)13(14(16)17-21)12-6-3-2-4-7-12/h2-4,6-7,13,21H,5,8-11H2,1H3,(H2,16,17). The Labute approximate surface area is 124 Å². The van der Waals surface area contributed by atoms with Gasteiger partial charge in [0.1, 0.15) is 5.92 Å². The number of nitrogens with two attached hydrogens (primary N) is 1. The van der Waals surface area contributed by atoms with Crippen molar-refractivity contribution in [1.82, 2.24) is 9.80 Å². The number of rotatable bonds is 3. The van der Waals surface area contributed by atoms with Gasteiger partial charge < -0.3 is 20.7 Å². The van der Waals surface area contributed by atoms with Gasteiger partial charge >= 0.3 is 0 Å². The summed E-state index contributed by atoms with van der Waals surface area (Å²) in [6, 6.07) is 9.21. The first kappa shape index (κ1) is 15.3. The molecule has 1 aromatic carbocycles. The predicted molar refractivity (Wildman–Crippen MR) is 81.3 cm³/mol. The Hall–Kier alpha value is -2.08. The molecule has 1 saturated heterocycles. The average Bonchev–Trinajstić information content (AvgIpc) is 2.73. The molecule has 6 nitrogen and oxygen atoms in total. The number of hydrogen-bond acceptors (Lipinski definition) is 4. The maximum atomic E-state index is 12.8. The fourth-order valence-electron chi connectivity index (χ4n) is 2.59. The molecule has 2 rings (SSSR count). The summed E-state index contributed by atoms with van der Waals surface area (Å²) in [5.74, 6) is -0.893. The molecule has 0 bridgehead atoms. The van der Waals surface area contributed by atoms with E-state index in [1.54, 1.807) is 4.90 Å². The lowest BCUT2D eigenvalue weighted by molar-refractivity contribution is -0.131. The van der Waals surface area contributed by atoms with Gasteiger partial charge in [-0.3, -0.25) is 4.79 Å². The number of hydrogen-bond donors (Lipinski definition) is 2. The number of likely N-dealkylation sites (N-methyl/N-ethyl adjacent to an activating group) is 1. The van der Waals surface area contributed by atoms with E-state index in [2.05, 4.69) is 10.1 Å². The number of carbonyl (C=O) groups is 1. The Morgan fingerprint density at radius 2 is 1.95 bits per heavy atom. The van der Waals surface area contributed by atoms with Crippen LogP contribution in [-0.4, -0.2) is 60.0 Å². The molecule has 6 heteroatoms. The zero-order valence-corrected chi connectivity index (χ0v) is 12.3. The van der Waals surface area contributed by atoms with Crippen molar-refractivity contribution in [1.29, 1.82) is 0 Å². The molecular formula is C15H22N4O2. The minimum absolute atomic E-state index is 0.0659. The SMILES string of the molecule is CN1CCCN(C(=O)C(C(N)=NO)c2ccccc2)CC1. The third kappa shape index (κ3) is 3.72. The fraction of sp³-hybridized carbons (Fsp3) is 0.467. The molecule has 1 aliphatic rings. The molecule has 21 heavy (non-hydrogen) atoms. The van der Waals surface area contributed by atoms with Gasteiger partial charge in [0.05, 0.1) is 0 Å². The predicted octanol–water partition coefficient (Wildman–Crippen LogP) is 0.681. The zero-order chi connectivity index (χ0) is 15.2. The number of oxime groups is 1. The van der Waals surface area contributed by atoms with Gasteiger partial charge in [-0.1, -0.05) is 35.5 Å². The summed E-state index contributed by atoms with van der Waals surface area (Å²) in [5.41, 5.74) is 6.51. The summed E-state index contributed by atoms with van der Waals surface area (Å²) < 4.78 is 0. The minimum atomic E-state index is -0.723. The first-order chi connectivity index (χ1) is 10.1. The van der Waals surface area contributed by atoms with Gasteiger partial charge in [0, 0.05) is 19.6 Å². The molecule has 0 spiro atoms. The normalized spacial score (nSPS) is 19.1. The molecule has 0 radical (unpaired) electrons. The molecule has 1 heterocycles. The van der Waals surface area contributed by atoms with Crippen molar-refractivity contribution >= 4 is 11.7 Å². The monoisotopic (exact) mass is 290 g/mol. The van der Waals surface area contributed by atoms with E-state index in [0.717, 1.165) is 25.1 Å². The Morgan fingerprint density at radius 3 is 2.62 bits per heavy atom. The smallest absolute Gasteiger partial charge is 0.237 e. The summed E-state index contributed by atoms with van der Waals surface area (Å²) in [6.07, 6.45) is 0.930. The van der Waals surface area contributed by atoms with Crippen LogP contribution in [0, 0.1) is 0 Å². The van der Waals surface area contributed by atoms with Crippen molar-refractivity contribution in [3.63, 3.8) is 0 Å². The molecule has 0 aliphatic carbocycles. The van der Waals surface area contributed by atoms with Gasteiger partial charge in [0.2, 0.25) is 5.91 Å². The Bertz CT molecular complexity index is 504.